The zero-order chi connectivity index (χ0) is 25.8. The zero-order valence-electron chi connectivity index (χ0n) is 18.6. The molecule has 1 fully saturated rings. The van der Waals surface area contributed by atoms with E-state index in [9.17, 15) is 22.8 Å². The summed E-state index contributed by atoms with van der Waals surface area (Å²) >= 11 is 17.0. The predicted molar refractivity (Wildman–Crippen MR) is 133 cm³/mol. The summed E-state index contributed by atoms with van der Waals surface area (Å²) in [6, 6.07) is 8.01. The van der Waals surface area contributed by atoms with E-state index in [1.165, 1.54) is 48.4 Å². The van der Waals surface area contributed by atoms with Gasteiger partial charge in [-0.2, -0.15) is 0 Å². The van der Waals surface area contributed by atoms with Crippen LogP contribution in [0.1, 0.15) is 5.56 Å². The minimum Gasteiger partial charge on any atom is -0.627 e. The third-order valence-electron chi connectivity index (χ3n) is 6.13. The molecular weight excluding hydrogens is 544 g/mol. The topological polar surface area (TPSA) is 103 Å². The second-order valence-corrected chi connectivity index (χ2v) is 12.4. The highest BCUT2D eigenvalue weighted by Gasteiger charge is 2.40. The van der Waals surface area contributed by atoms with Gasteiger partial charge in [0.1, 0.15) is 23.9 Å². The smallest absolute Gasteiger partial charge is 0.275 e. The lowest BCUT2D eigenvalue weighted by Gasteiger charge is -2.48. The van der Waals surface area contributed by atoms with Gasteiger partial charge in [-0.05, 0) is 42.8 Å². The normalized spacial score (nSPS) is 16.5. The Morgan fingerprint density at radius 2 is 1.83 bits per heavy atom. The second-order valence-electron chi connectivity index (χ2n) is 8.23. The molecule has 3 aromatic rings. The first kappa shape index (κ1) is 26.0. The molecular formula is C22H21Cl3FN3O5S. The number of rotatable bonds is 4. The van der Waals surface area contributed by atoms with Gasteiger partial charge >= 0.3 is 0 Å². The molecule has 35 heavy (non-hydrogen) atoms. The quantitative estimate of drug-likeness (QED) is 0.286. The molecule has 0 bridgehead atoms. The van der Waals surface area contributed by atoms with Crippen LogP contribution in [-0.4, -0.2) is 61.3 Å². The number of ether oxygens (including phenoxy) is 1. The van der Waals surface area contributed by atoms with Crippen molar-refractivity contribution in [3.8, 4) is 5.75 Å². The molecule has 1 aliphatic heterocycles. The van der Waals surface area contributed by atoms with Crippen LogP contribution in [0.25, 0.3) is 10.9 Å². The largest absolute Gasteiger partial charge is 0.627 e. The molecule has 0 saturated carbocycles. The molecule has 0 aliphatic carbocycles. The maximum absolute atomic E-state index is 13.8. The van der Waals surface area contributed by atoms with Crippen molar-refractivity contribution in [1.82, 2.24) is 14.5 Å². The van der Waals surface area contributed by atoms with Crippen LogP contribution in [0, 0.1) is 17.9 Å². The molecule has 1 aliphatic rings. The summed E-state index contributed by atoms with van der Waals surface area (Å²) in [6.07, 6.45) is 0. The molecule has 4 rings (SSSR count). The summed E-state index contributed by atoms with van der Waals surface area (Å²) in [7, 11) is -2.73. The summed E-state index contributed by atoms with van der Waals surface area (Å²) in [4.78, 5) is 16.2. The average Bonchev–Trinajstić information content (AvgIpc) is 3.14. The first-order chi connectivity index (χ1) is 16.3. The van der Waals surface area contributed by atoms with E-state index in [0.29, 0.717) is 16.5 Å². The number of hydroxylamine groups is 2. The Morgan fingerprint density at radius 1 is 1.17 bits per heavy atom. The van der Waals surface area contributed by atoms with E-state index in [0.717, 1.165) is 0 Å². The number of carbonyl (C=O) groups excluding carboxylic acids is 1. The van der Waals surface area contributed by atoms with Crippen LogP contribution in [0.2, 0.25) is 0 Å². The SMILES string of the molecule is COc1ccc(S(=O)(=O)c2[nH]c3cc(F)ccc3c2C)cc1[N+]1([O-])CCN(C(=O)C(Cl)(Cl)Cl)CC1. The zero-order valence-corrected chi connectivity index (χ0v) is 21.7. The van der Waals surface area contributed by atoms with E-state index in [4.69, 9.17) is 39.5 Å². The maximum Gasteiger partial charge on any atom is 0.275 e. The number of H-pyrrole nitrogens is 1. The molecule has 1 aromatic heterocycles. The molecule has 1 saturated heterocycles. The number of fused-ring (bicyclic) bond motifs is 1. The van der Waals surface area contributed by atoms with Crippen LogP contribution in [0.15, 0.2) is 46.3 Å². The molecule has 0 atom stereocenters. The van der Waals surface area contributed by atoms with Gasteiger partial charge in [0.25, 0.3) is 9.70 Å². The molecule has 1 N–H and O–H groups in total. The first-order valence-corrected chi connectivity index (χ1v) is 13.1. The molecule has 0 radical (unpaired) electrons. The molecule has 2 aromatic carbocycles. The van der Waals surface area contributed by atoms with Crippen molar-refractivity contribution in [3.63, 3.8) is 0 Å². The summed E-state index contributed by atoms with van der Waals surface area (Å²) in [5.41, 5.74) is 0.869. The number of alkyl halides is 3. The average molecular weight is 565 g/mol. The summed E-state index contributed by atoms with van der Waals surface area (Å²) in [5, 5.41) is 14.2. The number of benzene rings is 2. The van der Waals surface area contributed by atoms with Gasteiger partial charge in [0.2, 0.25) is 9.84 Å². The van der Waals surface area contributed by atoms with Gasteiger partial charge in [0.05, 0.1) is 25.1 Å². The summed E-state index contributed by atoms with van der Waals surface area (Å²) in [6.45, 7) is 1.43. The third kappa shape index (κ3) is 4.71. The molecule has 2 heterocycles. The van der Waals surface area contributed by atoms with Crippen molar-refractivity contribution >= 4 is 67.1 Å². The number of quaternary nitrogens is 1. The van der Waals surface area contributed by atoms with Gasteiger partial charge in [-0.15, -0.1) is 0 Å². The lowest BCUT2D eigenvalue weighted by molar-refractivity contribution is -0.131. The van der Waals surface area contributed by atoms with E-state index in [2.05, 4.69) is 4.98 Å². The van der Waals surface area contributed by atoms with Gasteiger partial charge in [-0.3, -0.25) is 4.79 Å². The molecule has 188 valence electrons. The number of aromatic nitrogens is 1. The lowest BCUT2D eigenvalue weighted by atomic mass is 10.2. The number of sulfone groups is 1. The first-order valence-electron chi connectivity index (χ1n) is 10.4. The Bertz CT molecular complexity index is 1410. The monoisotopic (exact) mass is 563 g/mol. The molecule has 1 amide bonds. The van der Waals surface area contributed by atoms with Crippen molar-refractivity contribution < 1.29 is 22.3 Å². The molecule has 0 spiro atoms. The number of halogens is 4. The highest BCUT2D eigenvalue weighted by Crippen LogP contribution is 2.39. The van der Waals surface area contributed by atoms with Crippen molar-refractivity contribution in [3.05, 3.63) is 53.0 Å². The number of nitrogens with zero attached hydrogens (tertiary/aromatic N) is 2. The van der Waals surface area contributed by atoms with Crippen molar-refractivity contribution in [2.45, 2.75) is 20.6 Å². The van der Waals surface area contributed by atoms with E-state index in [-0.39, 0.29) is 47.5 Å². The van der Waals surface area contributed by atoms with E-state index in [1.54, 1.807) is 6.92 Å². The minimum absolute atomic E-state index is 0.00304. The van der Waals surface area contributed by atoms with Crippen LogP contribution in [-0.2, 0) is 14.6 Å². The molecule has 8 nitrogen and oxygen atoms in total. The Morgan fingerprint density at radius 3 is 2.43 bits per heavy atom. The fourth-order valence-electron chi connectivity index (χ4n) is 4.24. The molecule has 13 heteroatoms. The van der Waals surface area contributed by atoms with Crippen molar-refractivity contribution in [2.75, 3.05) is 33.3 Å². The van der Waals surface area contributed by atoms with Crippen LogP contribution in [0.3, 0.4) is 0 Å². The number of carbonyl (C=O) groups is 1. The lowest BCUT2D eigenvalue weighted by Crippen LogP contribution is -2.59. The molecule has 0 unspecified atom stereocenters. The third-order valence-corrected chi connectivity index (χ3v) is 8.44. The number of hydrogen-bond donors (Lipinski definition) is 1. The van der Waals surface area contributed by atoms with E-state index in [1.807, 2.05) is 0 Å². The fraction of sp³-hybridized carbons (Fsp3) is 0.318. The van der Waals surface area contributed by atoms with Gasteiger partial charge in [-0.25, -0.2) is 12.8 Å². The standard InChI is InChI=1S/C22H21Cl3FN3O5S/c1-13-16-5-3-14(26)11-17(16)27-20(13)35(32,33)15-4-6-19(34-2)18(12-15)29(31)9-7-28(8-10-29)21(30)22(23,24)25/h3-6,11-12,27H,7-10H2,1-2H3. The van der Waals surface area contributed by atoms with Gasteiger partial charge < -0.3 is 24.5 Å². The number of aromatic amines is 1. The van der Waals surface area contributed by atoms with Crippen molar-refractivity contribution in [2.24, 2.45) is 0 Å². The van der Waals surface area contributed by atoms with Crippen LogP contribution in [0.4, 0.5) is 10.1 Å². The summed E-state index contributed by atoms with van der Waals surface area (Å²) < 4.78 is 43.0. The number of aryl methyl sites for hydroxylation is 1. The van der Waals surface area contributed by atoms with E-state index < -0.39 is 30.0 Å². The highest BCUT2D eigenvalue weighted by molar-refractivity contribution is 7.91. The fourth-order valence-corrected chi connectivity index (χ4v) is 6.10. The maximum atomic E-state index is 13.8. The number of amides is 1. The van der Waals surface area contributed by atoms with Crippen LogP contribution < -0.4 is 9.38 Å². The van der Waals surface area contributed by atoms with Crippen LogP contribution in [0.5, 0.6) is 5.75 Å². The van der Waals surface area contributed by atoms with Crippen molar-refractivity contribution in [1.29, 1.82) is 0 Å². The van der Waals surface area contributed by atoms with E-state index >= 15 is 0 Å². The Balaban J connectivity index is 1.72. The summed E-state index contributed by atoms with van der Waals surface area (Å²) in [5.74, 6) is -1.03. The van der Waals surface area contributed by atoms with Gasteiger partial charge in [0.15, 0.2) is 11.4 Å². The Labute approximate surface area is 216 Å². The Hall–Kier alpha value is -2.08. The second kappa shape index (κ2) is 9.10. The number of piperazine rings is 1. The predicted octanol–water partition coefficient (Wildman–Crippen LogP) is 4.47. The number of hydrogen-bond acceptors (Lipinski definition) is 5. The highest BCUT2D eigenvalue weighted by atomic mass is 35.6. The van der Waals surface area contributed by atoms with Crippen LogP contribution >= 0.6 is 34.8 Å². The number of nitrogens with one attached hydrogen (secondary N) is 1. The number of methoxy groups -OCH3 is 1. The van der Waals surface area contributed by atoms with Gasteiger partial charge in [0, 0.05) is 17.0 Å². The van der Waals surface area contributed by atoms with Gasteiger partial charge in [-0.1, -0.05) is 34.8 Å². The minimum atomic E-state index is -4.10. The Kier molecular flexibility index (Phi) is 6.76.